The summed E-state index contributed by atoms with van der Waals surface area (Å²) in [6.07, 6.45) is 11.4. The van der Waals surface area contributed by atoms with Crippen LogP contribution in [0.5, 0.6) is 11.5 Å². The maximum Gasteiger partial charge on any atom is 0.170 e. The van der Waals surface area contributed by atoms with Crippen molar-refractivity contribution in [3.05, 3.63) is 59.7 Å². The van der Waals surface area contributed by atoms with Gasteiger partial charge in [0.1, 0.15) is 17.3 Å². The third-order valence-electron chi connectivity index (χ3n) is 9.15. The third kappa shape index (κ3) is 14.9. The van der Waals surface area contributed by atoms with E-state index in [1.54, 1.807) is 12.1 Å². The molecule has 0 atom stereocenters. The second-order valence-corrected chi connectivity index (χ2v) is 12.7. The molecule has 262 valence electrons. The molecule has 8 N–H and O–H groups in total. The molecule has 2 aromatic carbocycles. The van der Waals surface area contributed by atoms with Gasteiger partial charge < -0.3 is 46.2 Å². The zero-order valence-electron chi connectivity index (χ0n) is 28.1. The van der Waals surface area contributed by atoms with Gasteiger partial charge in [-0.2, -0.15) is 0 Å². The lowest BCUT2D eigenvalue weighted by molar-refractivity contribution is 0.158. The third-order valence-corrected chi connectivity index (χ3v) is 9.15. The van der Waals surface area contributed by atoms with Crippen molar-refractivity contribution in [3.8, 4) is 11.5 Å². The van der Waals surface area contributed by atoms with E-state index in [-0.39, 0.29) is 18.3 Å². The molecule has 11 nitrogen and oxygen atoms in total. The highest BCUT2D eigenvalue weighted by Gasteiger charge is 2.19. The Balaban J connectivity index is 0.000000256. The van der Waals surface area contributed by atoms with E-state index in [9.17, 15) is 0 Å². The molecule has 2 fully saturated rings. The summed E-state index contributed by atoms with van der Waals surface area (Å²) in [7, 11) is 0. The fourth-order valence-electron chi connectivity index (χ4n) is 6.22. The molecule has 47 heavy (non-hydrogen) atoms. The lowest BCUT2D eigenvalue weighted by atomic mass is 9.92. The molecule has 0 bridgehead atoms. The fourth-order valence-corrected chi connectivity index (χ4v) is 6.22. The van der Waals surface area contributed by atoms with Gasteiger partial charge in [-0.05, 0) is 151 Å². The van der Waals surface area contributed by atoms with Gasteiger partial charge in [0, 0.05) is 37.4 Å². The van der Waals surface area contributed by atoms with Gasteiger partial charge in [0.15, 0.2) is 5.84 Å². The number of nitrogen functional groups attached to an aromatic ring is 1. The zero-order valence-corrected chi connectivity index (χ0v) is 28.1. The van der Waals surface area contributed by atoms with Crippen molar-refractivity contribution in [1.29, 1.82) is 5.41 Å². The van der Waals surface area contributed by atoms with E-state index in [2.05, 4.69) is 15.0 Å². The summed E-state index contributed by atoms with van der Waals surface area (Å²) in [5.41, 5.74) is 12.4. The van der Waals surface area contributed by atoms with E-state index in [4.69, 9.17) is 41.8 Å². The van der Waals surface area contributed by atoms with Crippen LogP contribution >= 0.6 is 0 Å². The number of nitrogens with one attached hydrogen (secondary N) is 1. The molecule has 0 aromatic heterocycles. The number of hydrogen-bond donors (Lipinski definition) is 6. The van der Waals surface area contributed by atoms with Crippen molar-refractivity contribution in [2.45, 2.75) is 64.2 Å². The standard InChI is InChI=1S/C18H29N3O3.C18H29N3O2/c19-18(20-23)16-4-6-17(7-5-16)24-14-1-3-15-8-11-21(12-9-15)10-2-13-22;19-18(20)16-4-6-17(7-5-16)23-14-1-3-15-8-11-21(12-9-15)10-2-13-22/h4-7,15,22-23H,1-3,8-14H2,(H2,19,20);4-7,15,22H,1-3,8-14H2,(H3,19,20). The minimum absolute atomic E-state index is 0.0851. The summed E-state index contributed by atoms with van der Waals surface area (Å²) in [6, 6.07) is 14.6. The number of ether oxygens (including phenoxy) is 2. The number of likely N-dealkylation sites (tertiary alicyclic amines) is 2. The van der Waals surface area contributed by atoms with Gasteiger partial charge in [0.25, 0.3) is 0 Å². The van der Waals surface area contributed by atoms with Crippen LogP contribution in [0.4, 0.5) is 0 Å². The Labute approximate surface area is 281 Å². The Bertz CT molecular complexity index is 1150. The number of hydrogen-bond acceptors (Lipinski definition) is 9. The van der Waals surface area contributed by atoms with Crippen LogP contribution in [0.1, 0.15) is 75.3 Å². The minimum Gasteiger partial charge on any atom is -0.494 e. The smallest absolute Gasteiger partial charge is 0.170 e. The van der Waals surface area contributed by atoms with E-state index in [1.165, 1.54) is 38.5 Å². The van der Waals surface area contributed by atoms with Crippen LogP contribution in [-0.4, -0.2) is 103 Å². The topological polar surface area (TPSA) is 174 Å². The number of aliphatic hydroxyl groups is 2. The molecule has 2 heterocycles. The summed E-state index contributed by atoms with van der Waals surface area (Å²) in [5.74, 6) is 3.44. The van der Waals surface area contributed by atoms with Crippen LogP contribution in [-0.2, 0) is 0 Å². The minimum atomic E-state index is 0.0851. The van der Waals surface area contributed by atoms with Crippen molar-refractivity contribution in [3.63, 3.8) is 0 Å². The summed E-state index contributed by atoms with van der Waals surface area (Å²) >= 11 is 0. The van der Waals surface area contributed by atoms with E-state index >= 15 is 0 Å². The van der Waals surface area contributed by atoms with Gasteiger partial charge in [-0.25, -0.2) is 0 Å². The SMILES string of the molecule is N/C(=N\O)c1ccc(OCCCC2CCN(CCCO)CC2)cc1.N=C(N)c1ccc(OCCCC2CCN(CCCO)CC2)cc1. The molecule has 11 heteroatoms. The van der Waals surface area contributed by atoms with Gasteiger partial charge in [0.05, 0.1) is 13.2 Å². The van der Waals surface area contributed by atoms with Crippen LogP contribution in [0.25, 0.3) is 0 Å². The van der Waals surface area contributed by atoms with Crippen molar-refractivity contribution >= 4 is 11.7 Å². The molecule has 0 saturated carbocycles. The lowest BCUT2D eigenvalue weighted by Gasteiger charge is -2.31. The first-order chi connectivity index (χ1) is 22.9. The Morgan fingerprint density at radius 1 is 0.681 bits per heavy atom. The highest BCUT2D eigenvalue weighted by molar-refractivity contribution is 5.97. The number of amidine groups is 2. The predicted octanol–water partition coefficient (Wildman–Crippen LogP) is 4.26. The highest BCUT2D eigenvalue weighted by Crippen LogP contribution is 2.23. The van der Waals surface area contributed by atoms with Crippen LogP contribution in [0, 0.1) is 17.2 Å². The molecule has 0 amide bonds. The Morgan fingerprint density at radius 2 is 1.09 bits per heavy atom. The average Bonchev–Trinajstić information content (AvgIpc) is 3.11. The van der Waals surface area contributed by atoms with Crippen molar-refractivity contribution in [2.75, 3.05) is 65.7 Å². The van der Waals surface area contributed by atoms with Crippen molar-refractivity contribution < 1.29 is 24.9 Å². The number of piperidine rings is 2. The number of aliphatic hydroxyl groups excluding tert-OH is 2. The van der Waals surface area contributed by atoms with Gasteiger partial charge in [-0.1, -0.05) is 5.16 Å². The highest BCUT2D eigenvalue weighted by atomic mass is 16.5. The predicted molar refractivity (Wildman–Crippen MR) is 188 cm³/mol. The van der Waals surface area contributed by atoms with Crippen molar-refractivity contribution in [2.24, 2.45) is 28.5 Å². The second kappa shape index (κ2) is 22.2. The molecule has 0 radical (unpaired) electrons. The zero-order chi connectivity index (χ0) is 33.7. The normalized spacial score (nSPS) is 16.8. The van der Waals surface area contributed by atoms with Gasteiger partial charge >= 0.3 is 0 Å². The number of rotatable bonds is 18. The van der Waals surface area contributed by atoms with E-state index < -0.39 is 0 Å². The Morgan fingerprint density at radius 3 is 1.45 bits per heavy atom. The van der Waals surface area contributed by atoms with E-state index in [1.807, 2.05) is 36.4 Å². The first kappa shape index (κ1) is 38.1. The van der Waals surface area contributed by atoms with Gasteiger partial charge in [-0.3, -0.25) is 5.41 Å². The average molecular weight is 655 g/mol. The molecule has 0 aliphatic carbocycles. The fraction of sp³-hybridized carbons (Fsp3) is 0.611. The molecule has 2 aliphatic heterocycles. The summed E-state index contributed by atoms with van der Waals surface area (Å²) in [4.78, 5) is 4.91. The van der Waals surface area contributed by atoms with E-state index in [0.717, 1.165) is 100 Å². The first-order valence-corrected chi connectivity index (χ1v) is 17.4. The number of oxime groups is 1. The molecule has 4 rings (SSSR count). The van der Waals surface area contributed by atoms with Crippen LogP contribution in [0.3, 0.4) is 0 Å². The summed E-state index contributed by atoms with van der Waals surface area (Å²) < 4.78 is 11.5. The molecule has 0 spiro atoms. The molecule has 2 saturated heterocycles. The number of nitrogens with zero attached hydrogens (tertiary/aromatic N) is 3. The van der Waals surface area contributed by atoms with Crippen molar-refractivity contribution in [1.82, 2.24) is 9.80 Å². The molecule has 0 unspecified atom stereocenters. The van der Waals surface area contributed by atoms with Gasteiger partial charge in [0.2, 0.25) is 0 Å². The molecule has 2 aromatic rings. The lowest BCUT2D eigenvalue weighted by Crippen LogP contribution is -2.34. The maximum atomic E-state index is 8.88. The number of nitrogens with two attached hydrogens (primary N) is 2. The molecular weight excluding hydrogens is 596 g/mol. The van der Waals surface area contributed by atoms with Crippen LogP contribution in [0.15, 0.2) is 53.7 Å². The Hall–Kier alpha value is -3.38. The number of benzene rings is 2. The summed E-state index contributed by atoms with van der Waals surface area (Å²) in [6.45, 7) is 8.73. The van der Waals surface area contributed by atoms with Crippen LogP contribution < -0.4 is 20.9 Å². The molecular formula is C36H58N6O5. The van der Waals surface area contributed by atoms with Gasteiger partial charge in [-0.15, -0.1) is 0 Å². The monoisotopic (exact) mass is 654 g/mol. The quantitative estimate of drug-likeness (QED) is 0.0451. The first-order valence-electron chi connectivity index (χ1n) is 17.4. The molecule has 2 aliphatic rings. The summed E-state index contributed by atoms with van der Waals surface area (Å²) in [5, 5.41) is 36.7. The largest absolute Gasteiger partial charge is 0.494 e. The van der Waals surface area contributed by atoms with E-state index in [0.29, 0.717) is 18.8 Å². The Kier molecular flexibility index (Phi) is 18.0. The van der Waals surface area contributed by atoms with Crippen LogP contribution in [0.2, 0.25) is 0 Å². The maximum absolute atomic E-state index is 8.88. The second-order valence-electron chi connectivity index (χ2n) is 12.7.